The molecule has 2 saturated carbocycles. The molecule has 1 aromatic carbocycles. The summed E-state index contributed by atoms with van der Waals surface area (Å²) in [5, 5.41) is 2.85. The highest BCUT2D eigenvalue weighted by molar-refractivity contribution is 6.03. The number of nitrogens with one attached hydrogen (secondary N) is 1. The van der Waals surface area contributed by atoms with Crippen molar-refractivity contribution in [2.24, 2.45) is 0 Å². The third-order valence-electron chi connectivity index (χ3n) is 6.88. The maximum Gasteiger partial charge on any atom is 0.407 e. The lowest BCUT2D eigenvalue weighted by atomic mass is 9.89. The van der Waals surface area contributed by atoms with E-state index in [0.717, 1.165) is 5.56 Å². The average molecular weight is 503 g/mol. The first-order valence-electron chi connectivity index (χ1n) is 12.3. The van der Waals surface area contributed by atoms with Crippen LogP contribution in [-0.4, -0.2) is 66.8 Å². The largest absolute Gasteiger partial charge is 0.490 e. The fraction of sp³-hybridized carbons (Fsp3) is 0.615. The monoisotopic (exact) mass is 502 g/mol. The van der Waals surface area contributed by atoms with Crippen LogP contribution >= 0.6 is 0 Å². The van der Waals surface area contributed by atoms with Gasteiger partial charge >= 0.3 is 18.0 Å². The zero-order valence-electron chi connectivity index (χ0n) is 21.4. The third-order valence-corrected chi connectivity index (χ3v) is 6.88. The quantitative estimate of drug-likeness (QED) is 0.425. The number of fused-ring (bicyclic) bond motifs is 2. The number of nitrogens with zero attached hydrogens (tertiary/aromatic N) is 1. The van der Waals surface area contributed by atoms with E-state index in [9.17, 15) is 19.2 Å². The van der Waals surface area contributed by atoms with Gasteiger partial charge in [-0.1, -0.05) is 0 Å². The van der Waals surface area contributed by atoms with Crippen LogP contribution in [0.15, 0.2) is 18.2 Å². The maximum absolute atomic E-state index is 13.4. The van der Waals surface area contributed by atoms with Crippen molar-refractivity contribution in [3.05, 3.63) is 29.3 Å². The first-order chi connectivity index (χ1) is 17.0. The van der Waals surface area contributed by atoms with Crippen LogP contribution in [0.1, 0.15) is 75.2 Å². The number of carbonyl (C=O) groups excluding carboxylic acids is 4. The van der Waals surface area contributed by atoms with E-state index >= 15 is 0 Å². The number of carbonyl (C=O) groups is 4. The second-order valence-electron chi connectivity index (χ2n) is 10.6. The second-order valence-corrected chi connectivity index (χ2v) is 10.6. The molecule has 1 spiro atoms. The summed E-state index contributed by atoms with van der Waals surface area (Å²) >= 11 is 0. The van der Waals surface area contributed by atoms with Crippen molar-refractivity contribution >= 4 is 23.9 Å². The number of ether oxygens (including phenoxy) is 4. The smallest absolute Gasteiger partial charge is 0.407 e. The van der Waals surface area contributed by atoms with Gasteiger partial charge in [-0.25, -0.2) is 9.59 Å². The minimum Gasteiger partial charge on any atom is -0.490 e. The molecule has 1 heterocycles. The Kier molecular flexibility index (Phi) is 6.90. The number of methoxy groups -OCH3 is 2. The van der Waals surface area contributed by atoms with Gasteiger partial charge in [0.1, 0.15) is 23.5 Å². The molecule has 1 aliphatic heterocycles. The van der Waals surface area contributed by atoms with Crippen LogP contribution in [0.3, 0.4) is 0 Å². The Morgan fingerprint density at radius 3 is 2.42 bits per heavy atom. The van der Waals surface area contributed by atoms with Crippen molar-refractivity contribution in [3.63, 3.8) is 0 Å². The molecule has 1 atom stereocenters. The molecule has 0 aromatic heterocycles. The summed E-state index contributed by atoms with van der Waals surface area (Å²) in [6, 6.07) is 4.47. The molecule has 3 aliphatic rings. The minimum absolute atomic E-state index is 0.00100. The van der Waals surface area contributed by atoms with Gasteiger partial charge in [0.15, 0.2) is 0 Å². The predicted molar refractivity (Wildman–Crippen MR) is 127 cm³/mol. The van der Waals surface area contributed by atoms with E-state index in [1.807, 2.05) is 26.8 Å². The van der Waals surface area contributed by atoms with E-state index < -0.39 is 35.2 Å². The summed E-state index contributed by atoms with van der Waals surface area (Å²) in [6.07, 6.45) is 2.37. The molecule has 196 valence electrons. The molecule has 2 amide bonds. The number of benzene rings is 1. The fourth-order valence-corrected chi connectivity index (χ4v) is 4.98. The first kappa shape index (κ1) is 25.8. The molecule has 0 saturated heterocycles. The molecule has 2 aliphatic carbocycles. The number of esters is 2. The Balaban J connectivity index is 1.43. The van der Waals surface area contributed by atoms with Gasteiger partial charge in [-0.2, -0.15) is 0 Å². The van der Waals surface area contributed by atoms with Gasteiger partial charge < -0.3 is 29.2 Å². The van der Waals surface area contributed by atoms with Gasteiger partial charge in [0.05, 0.1) is 19.8 Å². The molecular formula is C26H34N2O8. The summed E-state index contributed by atoms with van der Waals surface area (Å²) < 4.78 is 21.1. The van der Waals surface area contributed by atoms with Gasteiger partial charge in [0, 0.05) is 30.9 Å². The van der Waals surface area contributed by atoms with Gasteiger partial charge in [-0.05, 0) is 63.8 Å². The molecule has 0 radical (unpaired) electrons. The Morgan fingerprint density at radius 2 is 1.83 bits per heavy atom. The van der Waals surface area contributed by atoms with Crippen LogP contribution in [0.25, 0.3) is 0 Å². The van der Waals surface area contributed by atoms with E-state index in [1.54, 1.807) is 17.0 Å². The molecule has 4 rings (SSSR count). The summed E-state index contributed by atoms with van der Waals surface area (Å²) in [7, 11) is 2.56. The molecule has 36 heavy (non-hydrogen) atoms. The highest BCUT2D eigenvalue weighted by Crippen LogP contribution is 2.58. The zero-order chi connectivity index (χ0) is 26.3. The van der Waals surface area contributed by atoms with Crippen molar-refractivity contribution < 1.29 is 38.1 Å². The number of amides is 2. The molecule has 10 heteroatoms. The lowest BCUT2D eigenvalue weighted by molar-refractivity contribution is -0.148. The zero-order valence-corrected chi connectivity index (χ0v) is 21.4. The first-order valence-corrected chi connectivity index (χ1v) is 12.3. The van der Waals surface area contributed by atoms with E-state index in [1.165, 1.54) is 14.2 Å². The highest BCUT2D eigenvalue weighted by atomic mass is 16.6. The molecular weight excluding hydrogens is 468 g/mol. The third kappa shape index (κ3) is 5.12. The van der Waals surface area contributed by atoms with E-state index in [-0.39, 0.29) is 30.9 Å². The maximum atomic E-state index is 13.4. The molecule has 2 fully saturated rings. The Hall–Kier alpha value is -3.30. The standard InChI is InChI=1S/C26H34N2O8/c1-25(2,3)36-24(32)27-15-12-17(13-15)35-16-6-7-18-19(14-16)26(10-11-26)28(22(18)30)20(23(31)34-5)8-9-21(29)33-4/h6-7,14-15,17,20H,8-13H2,1-5H3,(H,27,32). The molecule has 10 nitrogen and oxygen atoms in total. The van der Waals surface area contributed by atoms with Gasteiger partial charge in [0.25, 0.3) is 5.91 Å². The molecule has 1 aromatic rings. The van der Waals surface area contributed by atoms with Crippen LogP contribution in [0.2, 0.25) is 0 Å². The molecule has 0 bridgehead atoms. The van der Waals surface area contributed by atoms with Crippen LogP contribution in [-0.2, 0) is 29.3 Å². The number of alkyl carbamates (subject to hydrolysis) is 1. The highest BCUT2D eigenvalue weighted by Gasteiger charge is 2.61. The summed E-state index contributed by atoms with van der Waals surface area (Å²) in [5.74, 6) is -0.617. The predicted octanol–water partition coefficient (Wildman–Crippen LogP) is 3.06. The van der Waals surface area contributed by atoms with Crippen molar-refractivity contribution in [2.45, 2.75) is 88.6 Å². The van der Waals surface area contributed by atoms with Gasteiger partial charge in [-0.3, -0.25) is 9.59 Å². The van der Waals surface area contributed by atoms with Crippen LogP contribution in [0.4, 0.5) is 4.79 Å². The van der Waals surface area contributed by atoms with Crippen molar-refractivity contribution in [3.8, 4) is 5.75 Å². The summed E-state index contributed by atoms with van der Waals surface area (Å²) in [5.41, 5.74) is 0.218. The Labute approximate surface area is 210 Å². The summed E-state index contributed by atoms with van der Waals surface area (Å²) in [6.45, 7) is 5.45. The second kappa shape index (κ2) is 9.63. The lowest BCUT2D eigenvalue weighted by Crippen LogP contribution is -2.50. The minimum atomic E-state index is -0.882. The van der Waals surface area contributed by atoms with Gasteiger partial charge in [0.2, 0.25) is 0 Å². The van der Waals surface area contributed by atoms with Crippen LogP contribution in [0, 0.1) is 0 Å². The molecule has 1 N–H and O–H groups in total. The average Bonchev–Trinajstić information content (AvgIpc) is 3.55. The van der Waals surface area contributed by atoms with E-state index in [2.05, 4.69) is 5.32 Å². The topological polar surface area (TPSA) is 120 Å². The number of hydrogen-bond donors (Lipinski definition) is 1. The normalized spacial score (nSPS) is 22.2. The summed E-state index contributed by atoms with van der Waals surface area (Å²) in [4.78, 5) is 51.3. The van der Waals surface area contributed by atoms with E-state index in [0.29, 0.717) is 37.0 Å². The van der Waals surface area contributed by atoms with Gasteiger partial charge in [-0.15, -0.1) is 0 Å². The SMILES string of the molecule is COC(=O)CCC(C(=O)OC)N1C(=O)c2ccc(OC3CC(NC(=O)OC(C)(C)C)C3)cc2C12CC2. The number of hydrogen-bond acceptors (Lipinski definition) is 8. The van der Waals surface area contributed by atoms with Crippen molar-refractivity contribution in [1.29, 1.82) is 0 Å². The Morgan fingerprint density at radius 1 is 1.14 bits per heavy atom. The number of rotatable bonds is 8. The van der Waals surface area contributed by atoms with Crippen molar-refractivity contribution in [1.82, 2.24) is 10.2 Å². The van der Waals surface area contributed by atoms with E-state index in [4.69, 9.17) is 18.9 Å². The Bertz CT molecular complexity index is 1050. The van der Waals surface area contributed by atoms with Crippen LogP contribution in [0.5, 0.6) is 5.75 Å². The fourth-order valence-electron chi connectivity index (χ4n) is 4.98. The van der Waals surface area contributed by atoms with Crippen molar-refractivity contribution in [2.75, 3.05) is 14.2 Å². The molecule has 1 unspecified atom stereocenters. The lowest BCUT2D eigenvalue weighted by Gasteiger charge is -2.36. The van der Waals surface area contributed by atoms with Crippen LogP contribution < -0.4 is 10.1 Å².